The van der Waals surface area contributed by atoms with Crippen molar-refractivity contribution in [2.24, 2.45) is 11.8 Å². The van der Waals surface area contributed by atoms with Crippen LogP contribution < -0.4 is 10.1 Å². The molecule has 0 amide bonds. The molecule has 2 aliphatic rings. The van der Waals surface area contributed by atoms with E-state index in [1.165, 1.54) is 0 Å². The highest BCUT2D eigenvalue weighted by Gasteiger charge is 2.56. The SMILES string of the molecule is CCOc1ccc([C@@H]2N[C@@](CO)(c3ccccc3)[C@@H]3CN(C)C[C@@H]32)cc1CO. The van der Waals surface area contributed by atoms with Crippen molar-refractivity contribution in [2.75, 3.05) is 33.4 Å². The molecular weight excluding hydrogens is 352 g/mol. The van der Waals surface area contributed by atoms with Gasteiger partial charge >= 0.3 is 0 Å². The molecule has 0 radical (unpaired) electrons. The first-order chi connectivity index (χ1) is 13.6. The predicted molar refractivity (Wildman–Crippen MR) is 109 cm³/mol. The molecule has 0 bridgehead atoms. The van der Waals surface area contributed by atoms with Gasteiger partial charge in [0.1, 0.15) is 5.75 Å². The maximum atomic E-state index is 10.5. The quantitative estimate of drug-likeness (QED) is 0.715. The molecule has 0 saturated carbocycles. The maximum absolute atomic E-state index is 10.5. The number of nitrogens with zero attached hydrogens (tertiary/aromatic N) is 1. The summed E-state index contributed by atoms with van der Waals surface area (Å²) in [6.07, 6.45) is 0. The number of nitrogens with one attached hydrogen (secondary N) is 1. The van der Waals surface area contributed by atoms with Crippen LogP contribution in [0.1, 0.15) is 29.7 Å². The Bertz CT molecular complexity index is 813. The molecule has 4 rings (SSSR count). The van der Waals surface area contributed by atoms with Crippen molar-refractivity contribution in [1.29, 1.82) is 0 Å². The van der Waals surface area contributed by atoms with E-state index in [9.17, 15) is 10.2 Å². The lowest BCUT2D eigenvalue weighted by atomic mass is 9.76. The number of rotatable bonds is 6. The molecule has 0 spiro atoms. The van der Waals surface area contributed by atoms with Crippen LogP contribution in [-0.2, 0) is 12.1 Å². The molecule has 5 nitrogen and oxygen atoms in total. The van der Waals surface area contributed by atoms with E-state index in [-0.39, 0.29) is 19.3 Å². The molecule has 28 heavy (non-hydrogen) atoms. The van der Waals surface area contributed by atoms with Crippen molar-refractivity contribution >= 4 is 0 Å². The van der Waals surface area contributed by atoms with E-state index in [0.29, 0.717) is 18.4 Å². The van der Waals surface area contributed by atoms with Crippen LogP contribution in [0.25, 0.3) is 0 Å². The fraction of sp³-hybridized carbons (Fsp3) is 0.478. The minimum atomic E-state index is -0.459. The summed E-state index contributed by atoms with van der Waals surface area (Å²) in [5.41, 5.74) is 2.63. The second-order valence-electron chi connectivity index (χ2n) is 8.07. The molecule has 4 atom stereocenters. The molecular formula is C23H30N2O3. The van der Waals surface area contributed by atoms with Crippen LogP contribution in [-0.4, -0.2) is 48.5 Å². The number of aliphatic hydroxyl groups excluding tert-OH is 2. The summed E-state index contributed by atoms with van der Waals surface area (Å²) in [5, 5.41) is 24.2. The smallest absolute Gasteiger partial charge is 0.124 e. The summed E-state index contributed by atoms with van der Waals surface area (Å²) < 4.78 is 5.65. The lowest BCUT2D eigenvalue weighted by Gasteiger charge is -2.35. The van der Waals surface area contributed by atoms with Gasteiger partial charge in [-0.2, -0.15) is 0 Å². The van der Waals surface area contributed by atoms with Crippen molar-refractivity contribution in [3.05, 3.63) is 65.2 Å². The highest BCUT2D eigenvalue weighted by molar-refractivity contribution is 5.41. The Hall–Kier alpha value is -1.92. The van der Waals surface area contributed by atoms with E-state index in [1.54, 1.807) is 0 Å². The summed E-state index contributed by atoms with van der Waals surface area (Å²) in [6.45, 7) is 4.47. The van der Waals surface area contributed by atoms with Crippen LogP contribution in [0.3, 0.4) is 0 Å². The monoisotopic (exact) mass is 382 g/mol. The molecule has 2 aromatic carbocycles. The van der Waals surface area contributed by atoms with Gasteiger partial charge in [0, 0.05) is 30.6 Å². The van der Waals surface area contributed by atoms with Gasteiger partial charge in [0.25, 0.3) is 0 Å². The minimum Gasteiger partial charge on any atom is -0.494 e. The highest BCUT2D eigenvalue weighted by Crippen LogP contribution is 2.51. The average Bonchev–Trinajstić information content (AvgIpc) is 3.25. The van der Waals surface area contributed by atoms with Crippen LogP contribution in [0.2, 0.25) is 0 Å². The van der Waals surface area contributed by atoms with Gasteiger partial charge in [-0.1, -0.05) is 36.4 Å². The molecule has 0 aliphatic carbocycles. The van der Waals surface area contributed by atoms with Gasteiger partial charge in [-0.3, -0.25) is 5.32 Å². The number of fused-ring (bicyclic) bond motifs is 1. The van der Waals surface area contributed by atoms with Gasteiger partial charge in [0.05, 0.1) is 25.4 Å². The van der Waals surface area contributed by atoms with Crippen molar-refractivity contribution < 1.29 is 14.9 Å². The van der Waals surface area contributed by atoms with Crippen LogP contribution in [0.5, 0.6) is 5.75 Å². The van der Waals surface area contributed by atoms with E-state index in [1.807, 2.05) is 31.2 Å². The third-order valence-corrected chi connectivity index (χ3v) is 6.47. The Labute approximate surface area is 167 Å². The van der Waals surface area contributed by atoms with Crippen LogP contribution in [0.15, 0.2) is 48.5 Å². The van der Waals surface area contributed by atoms with Gasteiger partial charge in [-0.25, -0.2) is 0 Å². The summed E-state index contributed by atoms with van der Waals surface area (Å²) in [5.74, 6) is 1.45. The Balaban J connectivity index is 1.74. The Morgan fingerprint density at radius 2 is 1.93 bits per heavy atom. The normalized spacial score (nSPS) is 29.8. The first-order valence-electron chi connectivity index (χ1n) is 10.1. The Kier molecular flexibility index (Phi) is 5.43. The molecule has 3 N–H and O–H groups in total. The molecule has 2 fully saturated rings. The second-order valence-corrected chi connectivity index (χ2v) is 8.07. The Morgan fingerprint density at radius 1 is 1.14 bits per heavy atom. The Morgan fingerprint density at radius 3 is 2.61 bits per heavy atom. The summed E-state index contributed by atoms with van der Waals surface area (Å²) in [4.78, 5) is 2.36. The molecule has 2 heterocycles. The van der Waals surface area contributed by atoms with Gasteiger partial charge in [-0.05, 0) is 43.1 Å². The van der Waals surface area contributed by atoms with Crippen LogP contribution in [0.4, 0.5) is 0 Å². The zero-order valence-corrected chi connectivity index (χ0v) is 16.6. The van der Waals surface area contributed by atoms with Gasteiger partial charge in [-0.15, -0.1) is 0 Å². The number of ether oxygens (including phenoxy) is 1. The van der Waals surface area contributed by atoms with E-state index < -0.39 is 5.54 Å². The highest BCUT2D eigenvalue weighted by atomic mass is 16.5. The zero-order chi connectivity index (χ0) is 19.7. The lowest BCUT2D eigenvalue weighted by molar-refractivity contribution is 0.129. The molecule has 0 unspecified atom stereocenters. The van der Waals surface area contributed by atoms with Crippen molar-refractivity contribution in [1.82, 2.24) is 10.2 Å². The van der Waals surface area contributed by atoms with Gasteiger partial charge < -0.3 is 19.8 Å². The molecule has 2 aliphatic heterocycles. The predicted octanol–water partition coefficient (Wildman–Crippen LogP) is 2.29. The average molecular weight is 383 g/mol. The number of hydrogen-bond acceptors (Lipinski definition) is 5. The molecule has 2 saturated heterocycles. The lowest BCUT2D eigenvalue weighted by Crippen LogP contribution is -2.47. The van der Waals surface area contributed by atoms with E-state index in [4.69, 9.17) is 4.74 Å². The number of likely N-dealkylation sites (tertiary alicyclic amines) is 1. The molecule has 0 aromatic heterocycles. The summed E-state index contributed by atoms with van der Waals surface area (Å²) in [6, 6.07) is 16.5. The molecule has 5 heteroatoms. The second kappa shape index (κ2) is 7.84. The minimum absolute atomic E-state index is 0.0479. The van der Waals surface area contributed by atoms with Crippen molar-refractivity contribution in [3.8, 4) is 5.75 Å². The number of aliphatic hydroxyl groups is 2. The summed E-state index contributed by atoms with van der Waals surface area (Å²) in [7, 11) is 2.15. The number of hydrogen-bond donors (Lipinski definition) is 3. The van der Waals surface area contributed by atoms with E-state index >= 15 is 0 Å². The molecule has 2 aromatic rings. The topological polar surface area (TPSA) is 65.0 Å². The number of benzene rings is 2. The standard InChI is InChI=1S/C23H30N2O3/c1-3-28-21-10-9-16(11-17(21)14-26)22-19-12-25(2)13-20(19)23(15-27,24-22)18-7-5-4-6-8-18/h4-11,19-20,22,24,26-27H,3,12-15H2,1-2H3/t19-,20+,22-,23-/m0/s1. The first kappa shape index (κ1) is 19.4. The van der Waals surface area contributed by atoms with Crippen LogP contribution >= 0.6 is 0 Å². The summed E-state index contributed by atoms with van der Waals surface area (Å²) >= 11 is 0. The third-order valence-electron chi connectivity index (χ3n) is 6.47. The van der Waals surface area contributed by atoms with E-state index in [2.05, 4.69) is 41.5 Å². The van der Waals surface area contributed by atoms with Crippen molar-refractivity contribution in [2.45, 2.75) is 25.1 Å². The van der Waals surface area contributed by atoms with Gasteiger partial charge in [0.15, 0.2) is 0 Å². The fourth-order valence-corrected chi connectivity index (χ4v) is 5.21. The van der Waals surface area contributed by atoms with Crippen LogP contribution in [0, 0.1) is 11.8 Å². The maximum Gasteiger partial charge on any atom is 0.124 e. The van der Waals surface area contributed by atoms with Gasteiger partial charge in [0.2, 0.25) is 0 Å². The molecule has 150 valence electrons. The zero-order valence-electron chi connectivity index (χ0n) is 16.6. The van der Waals surface area contributed by atoms with Crippen molar-refractivity contribution in [3.63, 3.8) is 0 Å². The largest absolute Gasteiger partial charge is 0.494 e. The third kappa shape index (κ3) is 3.12. The fourth-order valence-electron chi connectivity index (χ4n) is 5.21. The first-order valence-corrected chi connectivity index (χ1v) is 10.1. The van der Waals surface area contributed by atoms with E-state index in [0.717, 1.165) is 35.5 Å².